The number of hydrogen-bond donors (Lipinski definition) is 1. The number of ether oxygens (including phenoxy) is 2. The summed E-state index contributed by atoms with van der Waals surface area (Å²) in [6.07, 6.45) is 2.05. The average Bonchev–Trinajstić information content (AvgIpc) is 2.73. The fraction of sp³-hybridized carbons (Fsp3) is 0.409. The first-order chi connectivity index (χ1) is 13.1. The zero-order valence-electron chi connectivity index (χ0n) is 16.3. The van der Waals surface area contributed by atoms with Gasteiger partial charge in [-0.15, -0.1) is 0 Å². The lowest BCUT2D eigenvalue weighted by atomic mass is 9.98. The Morgan fingerprint density at radius 1 is 1.11 bits per heavy atom. The third-order valence-electron chi connectivity index (χ3n) is 5.26. The van der Waals surface area contributed by atoms with Gasteiger partial charge in [-0.05, 0) is 36.1 Å². The lowest BCUT2D eigenvalue weighted by Crippen LogP contribution is -2.45. The molecule has 1 atom stereocenters. The van der Waals surface area contributed by atoms with Crippen LogP contribution in [-0.4, -0.2) is 44.2 Å². The van der Waals surface area contributed by atoms with E-state index in [4.69, 9.17) is 9.47 Å². The van der Waals surface area contributed by atoms with Crippen molar-refractivity contribution in [2.45, 2.75) is 32.4 Å². The Balaban J connectivity index is 1.64. The fourth-order valence-corrected chi connectivity index (χ4v) is 3.61. The normalized spacial score (nSPS) is 14.9. The second-order valence-corrected chi connectivity index (χ2v) is 6.86. The number of fused-ring (bicyclic) bond motifs is 1. The SMILES string of the molecule is CC[C@H](CNC(=O)c1cc(OC)cc(OC)c1)N1CCc2ccccc2C1. The van der Waals surface area contributed by atoms with Crippen molar-refractivity contribution >= 4 is 5.91 Å². The first-order valence-corrected chi connectivity index (χ1v) is 9.46. The molecule has 0 saturated carbocycles. The Hall–Kier alpha value is -2.53. The molecular formula is C22H28N2O3. The molecule has 1 aliphatic rings. The number of nitrogens with one attached hydrogen (secondary N) is 1. The zero-order chi connectivity index (χ0) is 19.2. The number of carbonyl (C=O) groups is 1. The van der Waals surface area contributed by atoms with E-state index in [0.717, 1.165) is 25.9 Å². The van der Waals surface area contributed by atoms with Crippen LogP contribution in [0.1, 0.15) is 34.8 Å². The van der Waals surface area contributed by atoms with Gasteiger partial charge in [0.25, 0.3) is 5.91 Å². The van der Waals surface area contributed by atoms with Crippen LogP contribution < -0.4 is 14.8 Å². The van der Waals surface area contributed by atoms with Crippen molar-refractivity contribution in [2.75, 3.05) is 27.3 Å². The second-order valence-electron chi connectivity index (χ2n) is 6.86. The number of nitrogens with zero attached hydrogens (tertiary/aromatic N) is 1. The van der Waals surface area contributed by atoms with Gasteiger partial charge in [-0.1, -0.05) is 31.2 Å². The van der Waals surface area contributed by atoms with Crippen LogP contribution in [0.4, 0.5) is 0 Å². The average molecular weight is 368 g/mol. The number of carbonyl (C=O) groups excluding carboxylic acids is 1. The van der Waals surface area contributed by atoms with Crippen LogP contribution in [0.15, 0.2) is 42.5 Å². The van der Waals surface area contributed by atoms with Crippen LogP contribution in [-0.2, 0) is 13.0 Å². The van der Waals surface area contributed by atoms with E-state index in [2.05, 4.69) is 41.4 Å². The van der Waals surface area contributed by atoms with Crippen molar-refractivity contribution in [3.63, 3.8) is 0 Å². The van der Waals surface area contributed by atoms with Crippen LogP contribution >= 0.6 is 0 Å². The Morgan fingerprint density at radius 2 is 1.78 bits per heavy atom. The summed E-state index contributed by atoms with van der Waals surface area (Å²) in [4.78, 5) is 15.1. The minimum Gasteiger partial charge on any atom is -0.497 e. The molecule has 1 heterocycles. The van der Waals surface area contributed by atoms with E-state index in [9.17, 15) is 4.79 Å². The molecule has 0 unspecified atom stereocenters. The molecule has 1 amide bonds. The summed E-state index contributed by atoms with van der Waals surface area (Å²) in [5.41, 5.74) is 3.38. The molecule has 2 aromatic carbocycles. The lowest BCUT2D eigenvalue weighted by molar-refractivity contribution is 0.0925. The molecule has 0 radical (unpaired) electrons. The predicted molar refractivity (Wildman–Crippen MR) is 107 cm³/mol. The highest BCUT2D eigenvalue weighted by Gasteiger charge is 2.23. The number of methoxy groups -OCH3 is 2. The Morgan fingerprint density at radius 3 is 2.41 bits per heavy atom. The van der Waals surface area contributed by atoms with E-state index in [1.165, 1.54) is 11.1 Å². The molecule has 2 aromatic rings. The summed E-state index contributed by atoms with van der Waals surface area (Å²) < 4.78 is 10.5. The molecule has 144 valence electrons. The van der Waals surface area contributed by atoms with E-state index in [1.807, 2.05) is 0 Å². The molecule has 1 N–H and O–H groups in total. The highest BCUT2D eigenvalue weighted by molar-refractivity contribution is 5.95. The lowest BCUT2D eigenvalue weighted by Gasteiger charge is -2.35. The van der Waals surface area contributed by atoms with Crippen molar-refractivity contribution in [2.24, 2.45) is 0 Å². The maximum atomic E-state index is 12.6. The van der Waals surface area contributed by atoms with Crippen LogP contribution in [0.2, 0.25) is 0 Å². The highest BCUT2D eigenvalue weighted by atomic mass is 16.5. The van der Waals surface area contributed by atoms with E-state index in [1.54, 1.807) is 32.4 Å². The molecule has 1 aliphatic heterocycles. The summed E-state index contributed by atoms with van der Waals surface area (Å²) in [6.45, 7) is 4.76. The maximum Gasteiger partial charge on any atom is 0.251 e. The van der Waals surface area contributed by atoms with Crippen LogP contribution in [0, 0.1) is 0 Å². The van der Waals surface area contributed by atoms with Gasteiger partial charge in [-0.2, -0.15) is 0 Å². The Labute approximate surface area is 161 Å². The van der Waals surface area contributed by atoms with Crippen LogP contribution in [0.5, 0.6) is 11.5 Å². The van der Waals surface area contributed by atoms with E-state index >= 15 is 0 Å². The molecule has 0 fully saturated rings. The quantitative estimate of drug-likeness (QED) is 0.815. The van der Waals surface area contributed by atoms with Gasteiger partial charge in [-0.3, -0.25) is 9.69 Å². The molecule has 5 nitrogen and oxygen atoms in total. The number of hydrogen-bond acceptors (Lipinski definition) is 4. The largest absolute Gasteiger partial charge is 0.497 e. The number of amides is 1. The highest BCUT2D eigenvalue weighted by Crippen LogP contribution is 2.23. The van der Waals surface area contributed by atoms with Crippen molar-refractivity contribution in [3.05, 3.63) is 59.2 Å². The summed E-state index contributed by atoms with van der Waals surface area (Å²) >= 11 is 0. The van der Waals surface area contributed by atoms with Gasteiger partial charge in [0.05, 0.1) is 14.2 Å². The first kappa shape index (κ1) is 19.2. The molecule has 3 rings (SSSR count). The maximum absolute atomic E-state index is 12.6. The molecule has 0 aromatic heterocycles. The van der Waals surface area contributed by atoms with Gasteiger partial charge in [0.1, 0.15) is 11.5 Å². The standard InChI is InChI=1S/C22H28N2O3/c1-4-19(24-10-9-16-7-5-6-8-17(16)15-24)14-23-22(25)18-11-20(26-2)13-21(12-18)27-3/h5-8,11-13,19H,4,9-10,14-15H2,1-3H3,(H,23,25)/t19-/m1/s1. The summed E-state index contributed by atoms with van der Waals surface area (Å²) in [5.74, 6) is 1.11. The fourth-order valence-electron chi connectivity index (χ4n) is 3.61. The molecule has 0 aliphatic carbocycles. The first-order valence-electron chi connectivity index (χ1n) is 9.46. The molecule has 27 heavy (non-hydrogen) atoms. The molecule has 0 saturated heterocycles. The molecular weight excluding hydrogens is 340 g/mol. The third kappa shape index (κ3) is 4.61. The van der Waals surface area contributed by atoms with Gasteiger partial charge in [0.15, 0.2) is 0 Å². The van der Waals surface area contributed by atoms with Crippen molar-refractivity contribution in [3.8, 4) is 11.5 Å². The minimum absolute atomic E-state index is 0.108. The summed E-state index contributed by atoms with van der Waals surface area (Å²) in [7, 11) is 3.16. The van der Waals surface area contributed by atoms with Crippen molar-refractivity contribution in [1.82, 2.24) is 10.2 Å². The Kier molecular flexibility index (Phi) is 6.35. The van der Waals surface area contributed by atoms with E-state index in [-0.39, 0.29) is 5.91 Å². The van der Waals surface area contributed by atoms with Gasteiger partial charge in [-0.25, -0.2) is 0 Å². The smallest absolute Gasteiger partial charge is 0.251 e. The second kappa shape index (κ2) is 8.91. The summed E-state index contributed by atoms with van der Waals surface area (Å²) in [6, 6.07) is 14.2. The third-order valence-corrected chi connectivity index (χ3v) is 5.26. The van der Waals surface area contributed by atoms with Crippen molar-refractivity contribution in [1.29, 1.82) is 0 Å². The molecule has 5 heteroatoms. The van der Waals surface area contributed by atoms with Crippen LogP contribution in [0.25, 0.3) is 0 Å². The predicted octanol–water partition coefficient (Wildman–Crippen LogP) is 3.27. The van der Waals surface area contributed by atoms with Gasteiger partial charge >= 0.3 is 0 Å². The Bertz CT molecular complexity index is 769. The van der Waals surface area contributed by atoms with Gasteiger partial charge < -0.3 is 14.8 Å². The van der Waals surface area contributed by atoms with Gasteiger partial charge in [0, 0.05) is 37.3 Å². The van der Waals surface area contributed by atoms with Gasteiger partial charge in [0.2, 0.25) is 0 Å². The zero-order valence-corrected chi connectivity index (χ0v) is 16.3. The molecule has 0 spiro atoms. The number of benzene rings is 2. The van der Waals surface area contributed by atoms with Crippen molar-refractivity contribution < 1.29 is 14.3 Å². The van der Waals surface area contributed by atoms with Crippen LogP contribution in [0.3, 0.4) is 0 Å². The van der Waals surface area contributed by atoms with E-state index < -0.39 is 0 Å². The minimum atomic E-state index is -0.108. The van der Waals surface area contributed by atoms with E-state index in [0.29, 0.717) is 29.6 Å². The summed E-state index contributed by atoms with van der Waals surface area (Å²) in [5, 5.41) is 3.08. The monoisotopic (exact) mass is 368 g/mol. The number of rotatable bonds is 7. The topological polar surface area (TPSA) is 50.8 Å². The molecule has 0 bridgehead atoms.